The lowest BCUT2D eigenvalue weighted by molar-refractivity contribution is -0.128. The highest BCUT2D eigenvalue weighted by Gasteiger charge is 2.41. The highest BCUT2D eigenvalue weighted by atomic mass is 16.5. The molecule has 1 N–H and O–H groups in total. The summed E-state index contributed by atoms with van der Waals surface area (Å²) in [5, 5.41) is 12.9. The quantitative estimate of drug-likeness (QED) is 0.527. The Bertz CT molecular complexity index is 1160. The Hall–Kier alpha value is -3.60. The molecule has 2 aromatic rings. The maximum Gasteiger partial charge on any atom is 0.251 e. The third kappa shape index (κ3) is 6.09. The molecule has 2 unspecified atom stereocenters. The number of aromatic nitrogens is 1. The molecular formula is C30H39N5O3. The molecule has 1 aliphatic carbocycles. The summed E-state index contributed by atoms with van der Waals surface area (Å²) in [6.45, 7) is 6.94. The molecule has 1 saturated heterocycles. The first-order valence-corrected chi connectivity index (χ1v) is 13.6. The number of anilines is 1. The van der Waals surface area contributed by atoms with Gasteiger partial charge in [-0.1, -0.05) is 52.2 Å². The van der Waals surface area contributed by atoms with Crippen LogP contribution in [0.5, 0.6) is 5.75 Å². The molecule has 2 fully saturated rings. The van der Waals surface area contributed by atoms with Crippen molar-refractivity contribution >= 4 is 17.5 Å². The van der Waals surface area contributed by atoms with Gasteiger partial charge in [0.05, 0.1) is 13.3 Å². The summed E-state index contributed by atoms with van der Waals surface area (Å²) in [5.41, 5.74) is 2.23. The molecule has 2 amide bonds. The van der Waals surface area contributed by atoms with Crippen LogP contribution in [-0.4, -0.2) is 47.4 Å². The van der Waals surface area contributed by atoms with E-state index in [1.807, 2.05) is 24.3 Å². The van der Waals surface area contributed by atoms with Crippen LogP contribution in [0.3, 0.4) is 0 Å². The zero-order valence-corrected chi connectivity index (χ0v) is 22.9. The van der Waals surface area contributed by atoms with E-state index < -0.39 is 12.1 Å². The van der Waals surface area contributed by atoms with Crippen molar-refractivity contribution in [3.05, 3.63) is 53.9 Å². The maximum atomic E-state index is 14.3. The topological polar surface area (TPSA) is 98.6 Å². The largest absolute Gasteiger partial charge is 0.495 e. The third-order valence-corrected chi connectivity index (χ3v) is 7.66. The first-order valence-electron chi connectivity index (χ1n) is 13.6. The number of ether oxygens (including phenoxy) is 1. The smallest absolute Gasteiger partial charge is 0.251 e. The lowest BCUT2D eigenvalue weighted by atomic mass is 9.87. The Labute approximate surface area is 226 Å². The van der Waals surface area contributed by atoms with Crippen LogP contribution in [-0.2, 0) is 15.0 Å². The van der Waals surface area contributed by atoms with Gasteiger partial charge in [-0.05, 0) is 54.9 Å². The molecule has 0 radical (unpaired) electrons. The Morgan fingerprint density at radius 1 is 1.11 bits per heavy atom. The van der Waals surface area contributed by atoms with Gasteiger partial charge in [0, 0.05) is 30.0 Å². The average molecular weight is 518 g/mol. The second-order valence-electron chi connectivity index (χ2n) is 11.4. The highest BCUT2D eigenvalue weighted by Crippen LogP contribution is 2.34. The fraction of sp³-hybridized carbons (Fsp3) is 0.533. The van der Waals surface area contributed by atoms with Crippen LogP contribution in [0.4, 0.5) is 5.69 Å². The number of nitriles is 1. The van der Waals surface area contributed by atoms with E-state index in [0.29, 0.717) is 30.0 Å². The standard InChI is InChI=1S/C30H39N5O3/c1-30(2,3)22-12-14-24(15-13-22)35(29(37)26-11-8-16-34(26)20-31)27(21-17-25(38-4)19-32-18-21)28(36)33-23-9-6-5-7-10-23/h12-15,17-19,23,26-27H,5-11,16H2,1-4H3,(H,33,36). The first kappa shape index (κ1) is 27.4. The summed E-state index contributed by atoms with van der Waals surface area (Å²) in [5.74, 6) is -0.00570. The number of likely N-dealkylation sites (tertiary alicyclic amines) is 1. The molecule has 2 heterocycles. The predicted molar refractivity (Wildman–Crippen MR) is 147 cm³/mol. The van der Waals surface area contributed by atoms with Gasteiger partial charge in [-0.25, -0.2) is 0 Å². The fourth-order valence-corrected chi connectivity index (χ4v) is 5.47. The third-order valence-electron chi connectivity index (χ3n) is 7.66. The molecule has 4 rings (SSSR count). The van der Waals surface area contributed by atoms with E-state index in [-0.39, 0.29) is 23.3 Å². The monoisotopic (exact) mass is 517 g/mol. The molecule has 8 nitrogen and oxygen atoms in total. The summed E-state index contributed by atoms with van der Waals surface area (Å²) in [4.78, 5) is 35.7. The molecule has 1 aromatic heterocycles. The lowest BCUT2D eigenvalue weighted by Gasteiger charge is -2.36. The molecule has 1 saturated carbocycles. The van der Waals surface area contributed by atoms with Gasteiger partial charge in [0.2, 0.25) is 5.91 Å². The van der Waals surface area contributed by atoms with Crippen molar-refractivity contribution < 1.29 is 14.3 Å². The van der Waals surface area contributed by atoms with E-state index >= 15 is 0 Å². The molecule has 0 spiro atoms. The summed E-state index contributed by atoms with van der Waals surface area (Å²) in [7, 11) is 1.55. The van der Waals surface area contributed by atoms with Gasteiger partial charge >= 0.3 is 0 Å². The van der Waals surface area contributed by atoms with Crippen molar-refractivity contribution in [2.45, 2.75) is 89.3 Å². The molecular weight excluding hydrogens is 478 g/mol. The van der Waals surface area contributed by atoms with Crippen LogP contribution < -0.4 is 15.0 Å². The second-order valence-corrected chi connectivity index (χ2v) is 11.4. The number of hydrogen-bond donors (Lipinski definition) is 1. The molecule has 2 atom stereocenters. The van der Waals surface area contributed by atoms with Crippen molar-refractivity contribution in [3.8, 4) is 11.9 Å². The molecule has 1 aliphatic heterocycles. The zero-order chi connectivity index (χ0) is 27.3. The summed E-state index contributed by atoms with van der Waals surface area (Å²) < 4.78 is 5.42. The van der Waals surface area contributed by atoms with Crippen LogP contribution in [0.25, 0.3) is 0 Å². The second kappa shape index (κ2) is 11.8. The minimum Gasteiger partial charge on any atom is -0.495 e. The molecule has 1 aromatic carbocycles. The van der Waals surface area contributed by atoms with Crippen LogP contribution in [0, 0.1) is 11.5 Å². The van der Waals surface area contributed by atoms with Gasteiger partial charge in [0.15, 0.2) is 6.19 Å². The van der Waals surface area contributed by atoms with Crippen LogP contribution in [0.1, 0.15) is 82.9 Å². The van der Waals surface area contributed by atoms with Crippen LogP contribution in [0.2, 0.25) is 0 Å². The number of methoxy groups -OCH3 is 1. The van der Waals surface area contributed by atoms with Crippen molar-refractivity contribution in [1.29, 1.82) is 5.26 Å². The highest BCUT2D eigenvalue weighted by molar-refractivity contribution is 6.04. The molecule has 2 aliphatic rings. The number of carbonyl (C=O) groups is 2. The van der Waals surface area contributed by atoms with Gasteiger partial charge < -0.3 is 10.1 Å². The fourth-order valence-electron chi connectivity index (χ4n) is 5.47. The number of hydrogen-bond acceptors (Lipinski definition) is 6. The molecule has 202 valence electrons. The number of carbonyl (C=O) groups excluding carboxylic acids is 2. The van der Waals surface area contributed by atoms with Crippen LogP contribution >= 0.6 is 0 Å². The van der Waals surface area contributed by atoms with E-state index in [0.717, 1.165) is 37.7 Å². The minimum atomic E-state index is -0.964. The van der Waals surface area contributed by atoms with E-state index in [9.17, 15) is 14.9 Å². The summed E-state index contributed by atoms with van der Waals surface area (Å²) in [6.07, 6.45) is 11.9. The molecule has 38 heavy (non-hydrogen) atoms. The van der Waals surface area contributed by atoms with Crippen LogP contribution in [0.15, 0.2) is 42.7 Å². The van der Waals surface area contributed by atoms with Gasteiger partial charge in [0.1, 0.15) is 17.8 Å². The summed E-state index contributed by atoms with van der Waals surface area (Å²) >= 11 is 0. The number of nitrogens with one attached hydrogen (secondary N) is 1. The van der Waals surface area contributed by atoms with Gasteiger partial charge in [-0.3, -0.25) is 24.4 Å². The SMILES string of the molecule is COc1cncc(C(C(=O)NC2CCCCC2)N(C(=O)C2CCCN2C#N)c2ccc(C(C)(C)C)cc2)c1. The van der Waals surface area contributed by atoms with Crippen molar-refractivity contribution in [2.24, 2.45) is 0 Å². The Balaban J connectivity index is 1.81. The van der Waals surface area contributed by atoms with Crippen molar-refractivity contribution in [3.63, 3.8) is 0 Å². The number of nitrogens with zero attached hydrogens (tertiary/aromatic N) is 4. The van der Waals surface area contributed by atoms with Crippen molar-refractivity contribution in [1.82, 2.24) is 15.2 Å². The normalized spacial score (nSPS) is 18.9. The number of rotatable bonds is 7. The van der Waals surface area contributed by atoms with E-state index in [4.69, 9.17) is 4.74 Å². The summed E-state index contributed by atoms with van der Waals surface area (Å²) in [6, 6.07) is 8.06. The number of pyridine rings is 1. The average Bonchev–Trinajstić information content (AvgIpc) is 3.40. The Kier molecular flexibility index (Phi) is 8.55. The zero-order valence-electron chi connectivity index (χ0n) is 22.9. The minimum absolute atomic E-state index is 0.0646. The van der Waals surface area contributed by atoms with E-state index in [1.165, 1.54) is 11.3 Å². The predicted octanol–water partition coefficient (Wildman–Crippen LogP) is 4.86. The number of benzene rings is 1. The number of amides is 2. The van der Waals surface area contributed by atoms with Crippen molar-refractivity contribution in [2.75, 3.05) is 18.6 Å². The Morgan fingerprint density at radius 3 is 2.45 bits per heavy atom. The van der Waals surface area contributed by atoms with Gasteiger partial charge in [0.25, 0.3) is 5.91 Å². The van der Waals surface area contributed by atoms with E-state index in [2.05, 4.69) is 37.3 Å². The Morgan fingerprint density at radius 2 is 1.82 bits per heavy atom. The molecule has 0 bridgehead atoms. The lowest BCUT2D eigenvalue weighted by Crippen LogP contribution is -2.51. The first-order chi connectivity index (χ1) is 18.2. The maximum absolute atomic E-state index is 14.3. The molecule has 8 heteroatoms. The van der Waals surface area contributed by atoms with Gasteiger partial charge in [-0.2, -0.15) is 5.26 Å². The van der Waals surface area contributed by atoms with Gasteiger partial charge in [-0.15, -0.1) is 0 Å². The van der Waals surface area contributed by atoms with E-state index in [1.54, 1.807) is 30.5 Å².